The maximum Gasteiger partial charge on any atom is 0.291 e. The van der Waals surface area contributed by atoms with Crippen molar-refractivity contribution in [3.63, 3.8) is 0 Å². The van der Waals surface area contributed by atoms with E-state index in [9.17, 15) is 9.90 Å². The summed E-state index contributed by atoms with van der Waals surface area (Å²) in [7, 11) is 0. The molecule has 1 amide bonds. The fourth-order valence-electron chi connectivity index (χ4n) is 3.57. The van der Waals surface area contributed by atoms with Gasteiger partial charge in [-0.05, 0) is 79.6 Å². The number of fused-ring (bicyclic) bond motifs is 1. The third-order valence-electron chi connectivity index (χ3n) is 5.52. The summed E-state index contributed by atoms with van der Waals surface area (Å²) in [6.45, 7) is 4.00. The van der Waals surface area contributed by atoms with E-state index in [2.05, 4.69) is 10.3 Å². The van der Waals surface area contributed by atoms with Crippen LogP contribution < -0.4 is 5.32 Å². The van der Waals surface area contributed by atoms with Gasteiger partial charge in [0.25, 0.3) is 5.91 Å². The van der Waals surface area contributed by atoms with Crippen molar-refractivity contribution < 1.29 is 18.7 Å². The Kier molecular flexibility index (Phi) is 5.55. The number of carbonyl (C=O) groups is 1. The van der Waals surface area contributed by atoms with E-state index in [1.165, 1.54) is 6.07 Å². The second-order valence-corrected chi connectivity index (χ2v) is 8.74. The van der Waals surface area contributed by atoms with Crippen LogP contribution in [0, 0.1) is 13.8 Å². The molecule has 0 bridgehead atoms. The molecule has 0 aliphatic rings. The summed E-state index contributed by atoms with van der Waals surface area (Å²) in [6.07, 6.45) is 0. The maximum absolute atomic E-state index is 12.7. The number of phenolic OH excluding ortho intramolecular Hbond substituents is 1. The number of aromatic nitrogens is 1. The number of nitrogens with zero attached hydrogens (tertiary/aromatic N) is 1. The van der Waals surface area contributed by atoms with Crippen LogP contribution in [-0.4, -0.2) is 16.0 Å². The Labute approximate surface area is 204 Å². The molecule has 0 unspecified atom stereocenters. The molecule has 0 fully saturated rings. The number of hydrogen-bond donors (Lipinski definition) is 2. The molecule has 2 N–H and O–H groups in total. The smallest absolute Gasteiger partial charge is 0.291 e. The molecule has 0 radical (unpaired) electrons. The lowest BCUT2D eigenvalue weighted by atomic mass is 10.1. The molecular weight excluding hydrogens is 475 g/mol. The van der Waals surface area contributed by atoms with Gasteiger partial charge < -0.3 is 19.3 Å². The van der Waals surface area contributed by atoms with Crippen molar-refractivity contribution in [2.75, 3.05) is 5.32 Å². The first-order valence-corrected chi connectivity index (χ1v) is 11.1. The first kappa shape index (κ1) is 22.1. The van der Waals surface area contributed by atoms with Crippen molar-refractivity contribution >= 4 is 45.9 Å². The minimum absolute atomic E-state index is 0.0779. The molecule has 2 aromatic heterocycles. The summed E-state index contributed by atoms with van der Waals surface area (Å²) in [4.78, 5) is 17.2. The molecule has 6 nitrogen and oxygen atoms in total. The van der Waals surface area contributed by atoms with Crippen LogP contribution in [-0.2, 0) is 0 Å². The molecule has 0 saturated carbocycles. The van der Waals surface area contributed by atoms with Crippen LogP contribution in [0.5, 0.6) is 5.75 Å². The lowest BCUT2D eigenvalue weighted by molar-refractivity contribution is 0.0997. The number of aryl methyl sites for hydroxylation is 2. The number of furan rings is 1. The van der Waals surface area contributed by atoms with Crippen molar-refractivity contribution in [2.45, 2.75) is 13.8 Å². The second-order valence-electron chi connectivity index (χ2n) is 7.90. The van der Waals surface area contributed by atoms with Crippen LogP contribution in [0.3, 0.4) is 0 Å². The zero-order valence-corrected chi connectivity index (χ0v) is 19.7. The normalized spacial score (nSPS) is 11.2. The Hall–Kier alpha value is -3.74. The van der Waals surface area contributed by atoms with Gasteiger partial charge in [0.1, 0.15) is 17.0 Å². The Morgan fingerprint density at radius 2 is 1.68 bits per heavy atom. The number of aromatic hydroxyl groups is 1. The second kappa shape index (κ2) is 8.56. The summed E-state index contributed by atoms with van der Waals surface area (Å²) >= 11 is 12.2. The first-order valence-electron chi connectivity index (χ1n) is 10.4. The summed E-state index contributed by atoms with van der Waals surface area (Å²) < 4.78 is 11.5. The third kappa shape index (κ3) is 4.14. The van der Waals surface area contributed by atoms with Gasteiger partial charge in [-0.25, -0.2) is 4.98 Å². The quantitative estimate of drug-likeness (QED) is 0.269. The van der Waals surface area contributed by atoms with Crippen LogP contribution in [0.1, 0.15) is 21.7 Å². The van der Waals surface area contributed by atoms with E-state index in [0.29, 0.717) is 49.6 Å². The van der Waals surface area contributed by atoms with E-state index in [-0.39, 0.29) is 11.5 Å². The molecule has 2 heterocycles. The molecule has 3 aromatic carbocycles. The summed E-state index contributed by atoms with van der Waals surface area (Å²) in [5.41, 5.74) is 4.98. The van der Waals surface area contributed by atoms with Gasteiger partial charge in [0.05, 0.1) is 10.6 Å². The predicted octanol–water partition coefficient (Wildman–Crippen LogP) is 7.64. The van der Waals surface area contributed by atoms with E-state index in [4.69, 9.17) is 32.0 Å². The molecule has 0 atom stereocenters. The molecular formula is C26H18Cl2N2O4. The van der Waals surface area contributed by atoms with Crippen LogP contribution in [0.4, 0.5) is 5.69 Å². The molecule has 0 aliphatic heterocycles. The Morgan fingerprint density at radius 3 is 2.44 bits per heavy atom. The number of anilines is 1. The molecule has 5 aromatic rings. The van der Waals surface area contributed by atoms with Crippen LogP contribution in [0.15, 0.2) is 69.5 Å². The number of hydrogen-bond acceptors (Lipinski definition) is 5. The number of carbonyl (C=O) groups excluding carboxylic acids is 1. The molecule has 0 aliphatic carbocycles. The average Bonchev–Trinajstić information content (AvgIpc) is 3.42. The highest BCUT2D eigenvalue weighted by atomic mass is 35.5. The van der Waals surface area contributed by atoms with E-state index in [1.807, 2.05) is 26.0 Å². The van der Waals surface area contributed by atoms with Crippen molar-refractivity contribution in [3.8, 4) is 28.5 Å². The van der Waals surface area contributed by atoms with Crippen LogP contribution in [0.25, 0.3) is 33.9 Å². The number of phenols is 1. The molecule has 0 saturated heterocycles. The highest BCUT2D eigenvalue weighted by Crippen LogP contribution is 2.35. The summed E-state index contributed by atoms with van der Waals surface area (Å²) in [6, 6.07) is 16.8. The minimum atomic E-state index is -0.476. The van der Waals surface area contributed by atoms with Gasteiger partial charge in [-0.2, -0.15) is 0 Å². The highest BCUT2D eigenvalue weighted by Gasteiger charge is 2.17. The van der Waals surface area contributed by atoms with Gasteiger partial charge in [0.2, 0.25) is 5.89 Å². The molecule has 34 heavy (non-hydrogen) atoms. The Balaban J connectivity index is 1.36. The fraction of sp³-hybridized carbons (Fsp3) is 0.0769. The SMILES string of the molecule is Cc1cc2nc(-c3ccc(NC(=O)c4ccc(-c5ccc(Cl)cc5Cl)o4)cc3O)oc2cc1C. The number of rotatable bonds is 4. The highest BCUT2D eigenvalue weighted by molar-refractivity contribution is 6.36. The van der Waals surface area contributed by atoms with Crippen molar-refractivity contribution in [2.24, 2.45) is 0 Å². The number of nitrogens with one attached hydrogen (secondary N) is 1. The summed E-state index contributed by atoms with van der Waals surface area (Å²) in [5, 5.41) is 14.2. The zero-order chi connectivity index (χ0) is 24.0. The topological polar surface area (TPSA) is 88.5 Å². The zero-order valence-electron chi connectivity index (χ0n) is 18.1. The minimum Gasteiger partial charge on any atom is -0.507 e. The van der Waals surface area contributed by atoms with E-state index >= 15 is 0 Å². The number of halogens is 2. The van der Waals surface area contributed by atoms with Crippen molar-refractivity contribution in [3.05, 3.63) is 87.6 Å². The Bertz CT molecular complexity index is 1530. The van der Waals surface area contributed by atoms with Gasteiger partial charge in [0, 0.05) is 22.3 Å². The van der Waals surface area contributed by atoms with Gasteiger partial charge in [-0.1, -0.05) is 23.2 Å². The number of benzene rings is 3. The van der Waals surface area contributed by atoms with E-state index in [0.717, 1.165) is 11.1 Å². The maximum atomic E-state index is 12.7. The molecule has 0 spiro atoms. The van der Waals surface area contributed by atoms with Gasteiger partial charge >= 0.3 is 0 Å². The third-order valence-corrected chi connectivity index (χ3v) is 6.06. The molecule has 8 heteroatoms. The predicted molar refractivity (Wildman–Crippen MR) is 133 cm³/mol. The van der Waals surface area contributed by atoms with Crippen molar-refractivity contribution in [1.29, 1.82) is 0 Å². The number of oxazole rings is 1. The molecule has 5 rings (SSSR count). The van der Waals surface area contributed by atoms with Crippen LogP contribution >= 0.6 is 23.2 Å². The fourth-order valence-corrected chi connectivity index (χ4v) is 4.07. The van der Waals surface area contributed by atoms with Gasteiger partial charge in [0.15, 0.2) is 11.3 Å². The number of amides is 1. The van der Waals surface area contributed by atoms with E-state index < -0.39 is 5.91 Å². The van der Waals surface area contributed by atoms with Crippen molar-refractivity contribution in [1.82, 2.24) is 4.98 Å². The van der Waals surface area contributed by atoms with Gasteiger partial charge in [-0.3, -0.25) is 4.79 Å². The summed E-state index contributed by atoms with van der Waals surface area (Å²) in [5.74, 6) is 0.272. The lowest BCUT2D eigenvalue weighted by Gasteiger charge is -2.06. The largest absolute Gasteiger partial charge is 0.507 e. The monoisotopic (exact) mass is 492 g/mol. The first-order chi connectivity index (χ1) is 16.3. The Morgan fingerprint density at radius 1 is 0.912 bits per heavy atom. The lowest BCUT2D eigenvalue weighted by Crippen LogP contribution is -2.10. The molecule has 170 valence electrons. The van der Waals surface area contributed by atoms with Gasteiger partial charge in [-0.15, -0.1) is 0 Å². The average molecular weight is 493 g/mol. The standard InChI is InChI=1S/C26H18Cl2N2O4/c1-13-9-20-24(10-14(13)2)34-26(30-20)18-6-4-16(12-21(18)31)29-25(32)23-8-7-22(33-23)17-5-3-15(27)11-19(17)28/h3-12,31H,1-2H3,(H,29,32). The van der Waals surface area contributed by atoms with E-state index in [1.54, 1.807) is 42.5 Å². The van der Waals surface area contributed by atoms with Crippen LogP contribution in [0.2, 0.25) is 10.0 Å².